The number of nitrogens with zero attached hydrogens (tertiary/aromatic N) is 3. The van der Waals surface area contributed by atoms with E-state index < -0.39 is 35.6 Å². The van der Waals surface area contributed by atoms with Crippen LogP contribution in [0.15, 0.2) is 30.6 Å². The van der Waals surface area contributed by atoms with Crippen molar-refractivity contribution < 1.29 is 32.9 Å². The van der Waals surface area contributed by atoms with Gasteiger partial charge in [0.05, 0.1) is 25.4 Å². The van der Waals surface area contributed by atoms with Crippen LogP contribution in [0.4, 0.5) is 15.0 Å². The molecule has 1 amide bonds. The largest absolute Gasteiger partial charge is 0.485 e. The number of anilines is 1. The third kappa shape index (κ3) is 6.19. The highest BCUT2D eigenvalue weighted by atomic mass is 19.1. The molecule has 198 valence electrons. The second kappa shape index (κ2) is 10.5. The van der Waals surface area contributed by atoms with E-state index in [2.05, 4.69) is 20.7 Å². The van der Waals surface area contributed by atoms with Gasteiger partial charge in [0.25, 0.3) is 0 Å². The van der Waals surface area contributed by atoms with E-state index in [1.54, 1.807) is 40.0 Å². The summed E-state index contributed by atoms with van der Waals surface area (Å²) in [6.45, 7) is 9.36. The zero-order valence-electron chi connectivity index (χ0n) is 21.3. The Morgan fingerprint density at radius 3 is 2.84 bits per heavy atom. The van der Waals surface area contributed by atoms with Crippen molar-refractivity contribution in [3.8, 4) is 11.5 Å². The zero-order chi connectivity index (χ0) is 26.7. The minimum absolute atomic E-state index is 0.131. The standard InChI is InChI=1S/C25H30FN5O6/c1-6-34-23(32)18-12-28-31-8-7-20(30-22(18)31)29-14(2)17-9-15(26)10-19-21(17)35-13-16(36-19)11-27-24(33)37-25(3,4)5/h7-10,12,14,16H,6,11,13H2,1-5H3,(H,27,33)(H,29,30)/t14?,16-/m0/s1. The zero-order valence-corrected chi connectivity index (χ0v) is 21.3. The van der Waals surface area contributed by atoms with Crippen LogP contribution in [-0.4, -0.2) is 58.1 Å². The number of ether oxygens (including phenoxy) is 4. The predicted molar refractivity (Wildman–Crippen MR) is 132 cm³/mol. The summed E-state index contributed by atoms with van der Waals surface area (Å²) < 4.78 is 38.1. The molecule has 3 heterocycles. The van der Waals surface area contributed by atoms with Crippen LogP contribution in [-0.2, 0) is 9.47 Å². The van der Waals surface area contributed by atoms with Crippen LogP contribution in [0.1, 0.15) is 56.6 Å². The van der Waals surface area contributed by atoms with E-state index in [0.717, 1.165) is 0 Å². The average Bonchev–Trinajstić information content (AvgIpc) is 3.24. The van der Waals surface area contributed by atoms with E-state index in [0.29, 0.717) is 22.8 Å². The van der Waals surface area contributed by atoms with Crippen LogP contribution in [0.2, 0.25) is 0 Å². The van der Waals surface area contributed by atoms with Gasteiger partial charge in [-0.1, -0.05) is 0 Å². The van der Waals surface area contributed by atoms with Gasteiger partial charge in [0.1, 0.15) is 29.4 Å². The highest BCUT2D eigenvalue weighted by Gasteiger charge is 2.28. The summed E-state index contributed by atoms with van der Waals surface area (Å²) in [6.07, 6.45) is 1.96. The highest BCUT2D eigenvalue weighted by Crippen LogP contribution is 2.40. The molecule has 1 aromatic carbocycles. The van der Waals surface area contributed by atoms with Crippen molar-refractivity contribution in [1.82, 2.24) is 19.9 Å². The molecule has 3 aromatic rings. The number of amides is 1. The Hall–Kier alpha value is -4.09. The van der Waals surface area contributed by atoms with Crippen molar-refractivity contribution in [2.45, 2.75) is 52.4 Å². The third-order valence-electron chi connectivity index (χ3n) is 5.32. The van der Waals surface area contributed by atoms with Crippen molar-refractivity contribution in [3.63, 3.8) is 0 Å². The first-order valence-corrected chi connectivity index (χ1v) is 11.9. The molecule has 0 saturated carbocycles. The van der Waals surface area contributed by atoms with Gasteiger partial charge in [-0.05, 0) is 46.8 Å². The third-order valence-corrected chi connectivity index (χ3v) is 5.32. The molecule has 12 heteroatoms. The van der Waals surface area contributed by atoms with Crippen LogP contribution in [0.5, 0.6) is 11.5 Å². The number of nitrogens with one attached hydrogen (secondary N) is 2. The minimum Gasteiger partial charge on any atom is -0.485 e. The first kappa shape index (κ1) is 26.0. The van der Waals surface area contributed by atoms with Crippen LogP contribution in [0.3, 0.4) is 0 Å². The first-order valence-electron chi connectivity index (χ1n) is 11.9. The second-order valence-corrected chi connectivity index (χ2v) is 9.48. The lowest BCUT2D eigenvalue weighted by atomic mass is 10.1. The maximum absolute atomic E-state index is 14.5. The van der Waals surface area contributed by atoms with E-state index in [4.69, 9.17) is 18.9 Å². The molecule has 0 spiro atoms. The van der Waals surface area contributed by atoms with Crippen LogP contribution in [0, 0.1) is 5.82 Å². The predicted octanol–water partition coefficient (Wildman–Crippen LogP) is 3.88. The Bertz CT molecular complexity index is 1300. The van der Waals surface area contributed by atoms with E-state index >= 15 is 0 Å². The van der Waals surface area contributed by atoms with E-state index in [-0.39, 0.29) is 31.1 Å². The number of rotatable bonds is 7. The maximum atomic E-state index is 14.5. The molecule has 11 nitrogen and oxygen atoms in total. The Balaban J connectivity index is 1.48. The molecule has 1 aliphatic rings. The number of benzene rings is 1. The molecule has 1 aliphatic heterocycles. The molecular weight excluding hydrogens is 485 g/mol. The van der Waals surface area contributed by atoms with Gasteiger partial charge in [0, 0.05) is 17.8 Å². The van der Waals surface area contributed by atoms with Crippen molar-refractivity contribution in [3.05, 3.63) is 47.5 Å². The summed E-state index contributed by atoms with van der Waals surface area (Å²) in [5.74, 6) is 0.0497. The summed E-state index contributed by atoms with van der Waals surface area (Å²) in [6, 6.07) is 3.86. The molecular formula is C25H30FN5O6. The quantitative estimate of drug-likeness (QED) is 0.451. The van der Waals surface area contributed by atoms with Gasteiger partial charge in [-0.2, -0.15) is 5.10 Å². The number of hydrogen-bond acceptors (Lipinski definition) is 9. The highest BCUT2D eigenvalue weighted by molar-refractivity contribution is 5.95. The number of esters is 1. The van der Waals surface area contributed by atoms with Gasteiger partial charge in [0.2, 0.25) is 0 Å². The fraction of sp³-hybridized carbons (Fsp3) is 0.440. The van der Waals surface area contributed by atoms with Gasteiger partial charge >= 0.3 is 12.1 Å². The van der Waals surface area contributed by atoms with Crippen molar-refractivity contribution in [1.29, 1.82) is 0 Å². The van der Waals surface area contributed by atoms with E-state index in [1.807, 2.05) is 6.92 Å². The topological polar surface area (TPSA) is 125 Å². The van der Waals surface area contributed by atoms with Crippen LogP contribution >= 0.6 is 0 Å². The number of alkyl carbamates (subject to hydrolysis) is 1. The van der Waals surface area contributed by atoms with Crippen LogP contribution < -0.4 is 20.1 Å². The first-order chi connectivity index (χ1) is 17.5. The molecule has 2 N–H and O–H groups in total. The summed E-state index contributed by atoms with van der Waals surface area (Å²) in [4.78, 5) is 28.6. The summed E-state index contributed by atoms with van der Waals surface area (Å²) in [5.41, 5.74) is 0.467. The number of carbonyl (C=O) groups is 2. The fourth-order valence-electron chi connectivity index (χ4n) is 3.76. The second-order valence-electron chi connectivity index (χ2n) is 9.48. The molecule has 0 bridgehead atoms. The molecule has 0 radical (unpaired) electrons. The van der Waals surface area contributed by atoms with Crippen LogP contribution in [0.25, 0.3) is 5.65 Å². The van der Waals surface area contributed by atoms with Gasteiger partial charge < -0.3 is 29.6 Å². The Morgan fingerprint density at radius 2 is 2.11 bits per heavy atom. The van der Waals surface area contributed by atoms with Crippen molar-refractivity contribution in [2.75, 3.05) is 25.1 Å². The van der Waals surface area contributed by atoms with E-state index in [9.17, 15) is 14.0 Å². The molecule has 2 atom stereocenters. The van der Waals surface area contributed by atoms with Crippen molar-refractivity contribution >= 4 is 23.5 Å². The Labute approximate surface area is 213 Å². The SMILES string of the molecule is CCOC(=O)c1cnn2ccc(NC(C)c3cc(F)cc4c3OC[C@H](CNC(=O)OC(C)(C)C)O4)nc12. The number of halogens is 1. The monoisotopic (exact) mass is 515 g/mol. The number of hydrogen-bond donors (Lipinski definition) is 2. The normalized spacial score (nSPS) is 15.7. The van der Waals surface area contributed by atoms with Gasteiger partial charge in [-0.3, -0.25) is 0 Å². The molecule has 0 fully saturated rings. The molecule has 37 heavy (non-hydrogen) atoms. The molecule has 4 rings (SSSR count). The van der Waals surface area contributed by atoms with Gasteiger partial charge in [-0.25, -0.2) is 23.5 Å². The van der Waals surface area contributed by atoms with Gasteiger partial charge in [-0.15, -0.1) is 0 Å². The lowest BCUT2D eigenvalue weighted by Gasteiger charge is -2.30. The maximum Gasteiger partial charge on any atom is 0.407 e. The summed E-state index contributed by atoms with van der Waals surface area (Å²) in [7, 11) is 0. The minimum atomic E-state index is -0.625. The van der Waals surface area contributed by atoms with E-state index in [1.165, 1.54) is 22.8 Å². The molecule has 0 aliphatic carbocycles. The summed E-state index contributed by atoms with van der Waals surface area (Å²) in [5, 5.41) is 9.97. The number of fused-ring (bicyclic) bond motifs is 2. The number of carbonyl (C=O) groups excluding carboxylic acids is 2. The number of aromatic nitrogens is 3. The Morgan fingerprint density at radius 1 is 1.32 bits per heavy atom. The van der Waals surface area contributed by atoms with Gasteiger partial charge in [0.15, 0.2) is 23.3 Å². The molecule has 2 aromatic heterocycles. The smallest absolute Gasteiger partial charge is 0.407 e. The fourth-order valence-corrected chi connectivity index (χ4v) is 3.76. The average molecular weight is 516 g/mol. The lowest BCUT2D eigenvalue weighted by molar-refractivity contribution is 0.0449. The molecule has 1 unspecified atom stereocenters. The summed E-state index contributed by atoms with van der Waals surface area (Å²) >= 11 is 0. The van der Waals surface area contributed by atoms with Crippen molar-refractivity contribution in [2.24, 2.45) is 0 Å². The molecule has 0 saturated heterocycles. The Kier molecular flexibility index (Phi) is 7.37. The lowest BCUT2D eigenvalue weighted by Crippen LogP contribution is -2.42.